The van der Waals surface area contributed by atoms with Crippen molar-refractivity contribution in [2.75, 3.05) is 12.8 Å². The average Bonchev–Trinajstić information content (AvgIpc) is 2.13. The molecule has 0 saturated heterocycles. The van der Waals surface area contributed by atoms with E-state index in [1.807, 2.05) is 39.0 Å². The second kappa shape index (κ2) is 5.47. The average molecular weight is 167 g/mol. The molecule has 0 bridgehead atoms. The molecular weight excluding hydrogens is 150 g/mol. The minimum Gasteiger partial charge on any atom is -0.497 e. The Morgan fingerprint density at radius 1 is 1.25 bits per heavy atom. The molecule has 12 heavy (non-hydrogen) atoms. The van der Waals surface area contributed by atoms with E-state index in [1.165, 1.54) is 0 Å². The van der Waals surface area contributed by atoms with Crippen LogP contribution < -0.4 is 10.5 Å². The first-order valence-corrected chi connectivity index (χ1v) is 4.14. The van der Waals surface area contributed by atoms with Crippen LogP contribution in [0.4, 0.5) is 5.69 Å². The van der Waals surface area contributed by atoms with Gasteiger partial charge in [0.25, 0.3) is 0 Å². The first kappa shape index (κ1) is 10.8. The number of hydrogen-bond acceptors (Lipinski definition) is 2. The fraction of sp³-hybridized carbons (Fsp3) is 0.400. The van der Waals surface area contributed by atoms with Crippen LogP contribution in [-0.2, 0) is 0 Å². The molecule has 68 valence electrons. The first-order chi connectivity index (χ1) is 5.74. The van der Waals surface area contributed by atoms with E-state index in [-0.39, 0.29) is 0 Å². The van der Waals surface area contributed by atoms with Crippen molar-refractivity contribution in [2.24, 2.45) is 0 Å². The molecule has 0 amide bonds. The number of rotatable bonds is 1. The van der Waals surface area contributed by atoms with Crippen molar-refractivity contribution in [3.63, 3.8) is 0 Å². The summed E-state index contributed by atoms with van der Waals surface area (Å²) in [7, 11) is 1.64. The molecule has 0 unspecified atom stereocenters. The number of benzene rings is 1. The number of methoxy groups -OCH3 is 1. The van der Waals surface area contributed by atoms with Crippen LogP contribution in [0.1, 0.15) is 19.4 Å². The van der Waals surface area contributed by atoms with Gasteiger partial charge in [0.05, 0.1) is 7.11 Å². The Kier molecular flexibility index (Phi) is 4.93. The van der Waals surface area contributed by atoms with Gasteiger partial charge in [0.2, 0.25) is 0 Å². The highest BCUT2D eigenvalue weighted by atomic mass is 16.5. The third kappa shape index (κ3) is 2.82. The number of nitrogens with two attached hydrogens (primary N) is 1. The van der Waals surface area contributed by atoms with Crippen LogP contribution in [0.3, 0.4) is 0 Å². The van der Waals surface area contributed by atoms with Crippen molar-refractivity contribution in [1.29, 1.82) is 0 Å². The Morgan fingerprint density at radius 2 is 1.83 bits per heavy atom. The molecule has 2 heteroatoms. The minimum atomic E-state index is 0.806. The Bertz CT molecular complexity index is 233. The molecule has 1 aromatic rings. The van der Waals surface area contributed by atoms with Crippen molar-refractivity contribution >= 4 is 5.69 Å². The fourth-order valence-electron chi connectivity index (χ4n) is 0.775. The summed E-state index contributed by atoms with van der Waals surface area (Å²) in [4.78, 5) is 0. The lowest BCUT2D eigenvalue weighted by molar-refractivity contribution is 0.414. The molecule has 0 aliphatic carbocycles. The summed E-state index contributed by atoms with van der Waals surface area (Å²) in [5, 5.41) is 0. The molecule has 0 spiro atoms. The molecule has 0 fully saturated rings. The van der Waals surface area contributed by atoms with Crippen molar-refractivity contribution in [3.8, 4) is 5.75 Å². The molecule has 0 aromatic heterocycles. The Morgan fingerprint density at radius 3 is 2.25 bits per heavy atom. The lowest BCUT2D eigenvalue weighted by Crippen LogP contribution is -1.90. The zero-order chi connectivity index (χ0) is 9.56. The monoisotopic (exact) mass is 167 g/mol. The second-order valence-corrected chi connectivity index (χ2v) is 2.22. The van der Waals surface area contributed by atoms with Crippen LogP contribution in [0.5, 0.6) is 5.75 Å². The van der Waals surface area contributed by atoms with Gasteiger partial charge in [-0.15, -0.1) is 0 Å². The second-order valence-electron chi connectivity index (χ2n) is 2.22. The first-order valence-electron chi connectivity index (χ1n) is 4.14. The summed E-state index contributed by atoms with van der Waals surface area (Å²) in [5.74, 6) is 0.853. The van der Waals surface area contributed by atoms with Crippen molar-refractivity contribution in [2.45, 2.75) is 20.8 Å². The van der Waals surface area contributed by atoms with Crippen molar-refractivity contribution in [3.05, 3.63) is 23.8 Å². The minimum absolute atomic E-state index is 0.806. The van der Waals surface area contributed by atoms with Gasteiger partial charge < -0.3 is 10.5 Å². The molecule has 0 aliphatic heterocycles. The van der Waals surface area contributed by atoms with E-state index in [0.717, 1.165) is 17.0 Å². The smallest absolute Gasteiger partial charge is 0.119 e. The number of aryl methyl sites for hydroxylation is 1. The van der Waals surface area contributed by atoms with Crippen LogP contribution in [0.25, 0.3) is 0 Å². The lowest BCUT2D eigenvalue weighted by Gasteiger charge is -2.02. The molecule has 2 nitrogen and oxygen atoms in total. The molecular formula is C10H17NO. The van der Waals surface area contributed by atoms with Gasteiger partial charge in [0.15, 0.2) is 0 Å². The van der Waals surface area contributed by atoms with Gasteiger partial charge in [0.1, 0.15) is 5.75 Å². The molecule has 0 saturated carbocycles. The van der Waals surface area contributed by atoms with Gasteiger partial charge in [-0.2, -0.15) is 0 Å². The van der Waals surface area contributed by atoms with Crippen LogP contribution in [-0.4, -0.2) is 7.11 Å². The summed E-state index contributed by atoms with van der Waals surface area (Å²) in [6, 6.07) is 5.60. The van der Waals surface area contributed by atoms with E-state index in [1.54, 1.807) is 7.11 Å². The van der Waals surface area contributed by atoms with Crippen molar-refractivity contribution < 1.29 is 4.74 Å². The van der Waals surface area contributed by atoms with Gasteiger partial charge in [-0.1, -0.05) is 13.8 Å². The Labute approximate surface area is 74.4 Å². The fourth-order valence-corrected chi connectivity index (χ4v) is 0.775. The third-order valence-corrected chi connectivity index (χ3v) is 1.48. The van der Waals surface area contributed by atoms with Crippen LogP contribution in [0.2, 0.25) is 0 Å². The highest BCUT2D eigenvalue weighted by molar-refractivity contribution is 5.49. The Balaban J connectivity index is 0.000000561. The van der Waals surface area contributed by atoms with Gasteiger partial charge in [0, 0.05) is 5.69 Å². The molecule has 2 N–H and O–H groups in total. The van der Waals surface area contributed by atoms with Gasteiger partial charge in [-0.25, -0.2) is 0 Å². The maximum absolute atomic E-state index is 5.59. The molecule has 0 atom stereocenters. The summed E-state index contributed by atoms with van der Waals surface area (Å²) < 4.78 is 4.99. The lowest BCUT2D eigenvalue weighted by atomic mass is 10.2. The van der Waals surface area contributed by atoms with E-state index in [0.29, 0.717) is 0 Å². The largest absolute Gasteiger partial charge is 0.497 e. The van der Waals surface area contributed by atoms with Crippen LogP contribution >= 0.6 is 0 Å². The molecule has 0 heterocycles. The summed E-state index contributed by atoms with van der Waals surface area (Å²) in [5.41, 5.74) is 7.45. The van der Waals surface area contributed by atoms with Gasteiger partial charge >= 0.3 is 0 Å². The predicted octanol–water partition coefficient (Wildman–Crippen LogP) is 2.61. The number of nitrogen functional groups attached to an aromatic ring is 1. The maximum Gasteiger partial charge on any atom is 0.119 e. The highest BCUT2D eigenvalue weighted by Crippen LogP contribution is 2.17. The molecule has 0 radical (unpaired) electrons. The van der Waals surface area contributed by atoms with E-state index >= 15 is 0 Å². The number of hydrogen-bond donors (Lipinski definition) is 1. The SMILES string of the molecule is CC.COc1ccc(N)c(C)c1. The van der Waals surface area contributed by atoms with Crippen molar-refractivity contribution in [1.82, 2.24) is 0 Å². The van der Waals surface area contributed by atoms with Crippen LogP contribution in [0, 0.1) is 6.92 Å². The van der Waals surface area contributed by atoms with Gasteiger partial charge in [-0.05, 0) is 30.7 Å². The summed E-state index contributed by atoms with van der Waals surface area (Å²) in [6.45, 7) is 5.96. The topological polar surface area (TPSA) is 35.2 Å². The van der Waals surface area contributed by atoms with E-state index in [4.69, 9.17) is 10.5 Å². The summed E-state index contributed by atoms with van der Waals surface area (Å²) in [6.07, 6.45) is 0. The normalized spacial score (nSPS) is 8.33. The standard InChI is InChI=1S/C8H11NO.C2H6/c1-6-5-7(10-2)3-4-8(6)9;1-2/h3-5H,9H2,1-2H3;1-2H3. The van der Waals surface area contributed by atoms with E-state index < -0.39 is 0 Å². The zero-order valence-corrected chi connectivity index (χ0v) is 8.22. The van der Waals surface area contributed by atoms with Crippen LogP contribution in [0.15, 0.2) is 18.2 Å². The number of anilines is 1. The third-order valence-electron chi connectivity index (χ3n) is 1.48. The van der Waals surface area contributed by atoms with E-state index in [9.17, 15) is 0 Å². The molecule has 0 aliphatic rings. The Hall–Kier alpha value is -1.18. The zero-order valence-electron chi connectivity index (χ0n) is 8.22. The number of ether oxygens (including phenoxy) is 1. The van der Waals surface area contributed by atoms with E-state index in [2.05, 4.69) is 0 Å². The molecule has 1 rings (SSSR count). The van der Waals surface area contributed by atoms with Gasteiger partial charge in [-0.3, -0.25) is 0 Å². The quantitative estimate of drug-likeness (QED) is 0.652. The predicted molar refractivity (Wildman–Crippen MR) is 53.5 cm³/mol. The molecule has 1 aromatic carbocycles. The summed E-state index contributed by atoms with van der Waals surface area (Å²) >= 11 is 0. The highest BCUT2D eigenvalue weighted by Gasteiger charge is 1.93. The maximum atomic E-state index is 5.59.